The molecule has 134 valence electrons. The normalized spacial score (nSPS) is 20.6. The largest absolute Gasteiger partial charge is 0.372 e. The molecule has 0 spiro atoms. The van der Waals surface area contributed by atoms with E-state index in [9.17, 15) is 9.18 Å². The van der Waals surface area contributed by atoms with E-state index < -0.39 is 0 Å². The van der Waals surface area contributed by atoms with E-state index in [1.807, 2.05) is 37.1 Å². The van der Waals surface area contributed by atoms with E-state index in [4.69, 9.17) is 4.74 Å². The minimum atomic E-state index is -0.332. The summed E-state index contributed by atoms with van der Waals surface area (Å²) in [4.78, 5) is 15.1. The van der Waals surface area contributed by atoms with Gasteiger partial charge in [-0.2, -0.15) is 0 Å². The van der Waals surface area contributed by atoms with Crippen LogP contribution in [0.1, 0.15) is 36.0 Å². The number of nitrogens with zero attached hydrogens (tertiary/aromatic N) is 1. The molecular formula is C19H23FN2O2S. The van der Waals surface area contributed by atoms with Crippen molar-refractivity contribution >= 4 is 28.6 Å². The number of halogens is 1. The topological polar surface area (TPSA) is 41.6 Å². The maximum atomic E-state index is 14.6. The van der Waals surface area contributed by atoms with Crippen LogP contribution in [0.3, 0.4) is 0 Å². The number of anilines is 2. The number of ether oxygens (including phenoxy) is 1. The van der Waals surface area contributed by atoms with Gasteiger partial charge >= 0.3 is 0 Å². The van der Waals surface area contributed by atoms with Gasteiger partial charge in [0.25, 0.3) is 5.91 Å². The Morgan fingerprint density at radius 1 is 1.32 bits per heavy atom. The number of amides is 1. The van der Waals surface area contributed by atoms with Crippen molar-refractivity contribution in [3.05, 3.63) is 45.9 Å². The highest BCUT2D eigenvalue weighted by Gasteiger charge is 2.24. The molecule has 0 bridgehead atoms. The summed E-state index contributed by atoms with van der Waals surface area (Å²) < 4.78 is 20.3. The van der Waals surface area contributed by atoms with Gasteiger partial charge in [-0.05, 0) is 55.5 Å². The van der Waals surface area contributed by atoms with Gasteiger partial charge in [-0.1, -0.05) is 6.92 Å². The van der Waals surface area contributed by atoms with Gasteiger partial charge in [-0.3, -0.25) is 4.79 Å². The molecule has 4 nitrogen and oxygen atoms in total. The van der Waals surface area contributed by atoms with E-state index >= 15 is 0 Å². The minimum Gasteiger partial charge on any atom is -0.372 e. The number of thiophene rings is 1. The van der Waals surface area contributed by atoms with Gasteiger partial charge in [0, 0.05) is 18.8 Å². The van der Waals surface area contributed by atoms with E-state index in [1.54, 1.807) is 12.1 Å². The Balaban J connectivity index is 1.75. The number of rotatable bonds is 4. The zero-order chi connectivity index (χ0) is 18.0. The summed E-state index contributed by atoms with van der Waals surface area (Å²) in [5.41, 5.74) is 2.03. The van der Waals surface area contributed by atoms with Crippen molar-refractivity contribution < 1.29 is 13.9 Å². The fourth-order valence-electron chi connectivity index (χ4n) is 3.22. The van der Waals surface area contributed by atoms with Crippen LogP contribution in [0, 0.1) is 5.82 Å². The van der Waals surface area contributed by atoms with Crippen molar-refractivity contribution in [2.75, 3.05) is 23.3 Å². The minimum absolute atomic E-state index is 0.0637. The molecule has 0 saturated carbocycles. The van der Waals surface area contributed by atoms with Crippen LogP contribution in [-0.2, 0) is 11.2 Å². The number of hydrogen-bond donors (Lipinski definition) is 1. The number of aryl methyl sites for hydroxylation is 1. The van der Waals surface area contributed by atoms with Gasteiger partial charge in [-0.15, -0.1) is 11.3 Å². The number of nitrogens with one attached hydrogen (secondary N) is 1. The second kappa shape index (κ2) is 7.54. The van der Waals surface area contributed by atoms with Crippen molar-refractivity contribution in [3.63, 3.8) is 0 Å². The average Bonchev–Trinajstić information content (AvgIpc) is 3.02. The third kappa shape index (κ3) is 4.02. The molecular weight excluding hydrogens is 339 g/mol. The first-order valence-corrected chi connectivity index (χ1v) is 9.43. The van der Waals surface area contributed by atoms with Gasteiger partial charge < -0.3 is 15.0 Å². The highest BCUT2D eigenvalue weighted by Crippen LogP contribution is 2.27. The predicted octanol–water partition coefficient (Wildman–Crippen LogP) is 4.32. The molecule has 0 aliphatic carbocycles. The monoisotopic (exact) mass is 362 g/mol. The molecule has 25 heavy (non-hydrogen) atoms. The molecule has 2 unspecified atom stereocenters. The molecule has 2 heterocycles. The van der Waals surface area contributed by atoms with Crippen molar-refractivity contribution in [1.82, 2.24) is 0 Å². The Bertz CT molecular complexity index is 752. The van der Waals surface area contributed by atoms with Gasteiger partial charge in [0.2, 0.25) is 0 Å². The quantitative estimate of drug-likeness (QED) is 0.881. The van der Waals surface area contributed by atoms with Gasteiger partial charge in [0.1, 0.15) is 5.82 Å². The third-order valence-electron chi connectivity index (χ3n) is 4.30. The lowest BCUT2D eigenvalue weighted by Gasteiger charge is -2.37. The third-order valence-corrected chi connectivity index (χ3v) is 5.26. The van der Waals surface area contributed by atoms with Crippen LogP contribution in [0.2, 0.25) is 0 Å². The highest BCUT2D eigenvalue weighted by atomic mass is 32.1. The first kappa shape index (κ1) is 17.9. The average molecular weight is 362 g/mol. The van der Waals surface area contributed by atoms with Gasteiger partial charge in [-0.25, -0.2) is 4.39 Å². The lowest BCUT2D eigenvalue weighted by atomic mass is 10.1. The molecule has 1 amide bonds. The summed E-state index contributed by atoms with van der Waals surface area (Å²) in [6.07, 6.45) is 0.926. The lowest BCUT2D eigenvalue weighted by Crippen LogP contribution is -2.45. The first-order valence-electron chi connectivity index (χ1n) is 8.55. The van der Waals surface area contributed by atoms with Crippen LogP contribution < -0.4 is 10.2 Å². The first-order chi connectivity index (χ1) is 12.0. The van der Waals surface area contributed by atoms with E-state index in [0.29, 0.717) is 29.3 Å². The smallest absolute Gasteiger partial charge is 0.266 e. The maximum absolute atomic E-state index is 14.6. The second-order valence-electron chi connectivity index (χ2n) is 6.41. The Labute approximate surface area is 151 Å². The van der Waals surface area contributed by atoms with E-state index in [-0.39, 0.29) is 23.9 Å². The Morgan fingerprint density at radius 3 is 2.68 bits per heavy atom. The van der Waals surface area contributed by atoms with Crippen molar-refractivity contribution in [2.24, 2.45) is 0 Å². The van der Waals surface area contributed by atoms with Crippen molar-refractivity contribution in [2.45, 2.75) is 39.4 Å². The molecule has 2 atom stereocenters. The van der Waals surface area contributed by atoms with Gasteiger partial charge in [0.15, 0.2) is 0 Å². The number of carbonyl (C=O) groups excluding carboxylic acids is 1. The summed E-state index contributed by atoms with van der Waals surface area (Å²) in [6.45, 7) is 7.30. The molecule has 3 rings (SSSR count). The number of hydrogen-bond acceptors (Lipinski definition) is 4. The molecule has 1 aromatic carbocycles. The highest BCUT2D eigenvalue weighted by molar-refractivity contribution is 7.12. The molecule has 1 fully saturated rings. The summed E-state index contributed by atoms with van der Waals surface area (Å²) >= 11 is 1.40. The number of morpholine rings is 1. The van der Waals surface area contributed by atoms with Crippen molar-refractivity contribution in [1.29, 1.82) is 0 Å². The molecule has 1 aliphatic rings. The maximum Gasteiger partial charge on any atom is 0.266 e. The molecule has 1 aliphatic heterocycles. The van der Waals surface area contributed by atoms with E-state index in [1.165, 1.54) is 17.4 Å². The van der Waals surface area contributed by atoms with Gasteiger partial charge in [0.05, 0.1) is 22.8 Å². The van der Waals surface area contributed by atoms with E-state index in [2.05, 4.69) is 5.32 Å². The van der Waals surface area contributed by atoms with Crippen LogP contribution in [0.25, 0.3) is 0 Å². The molecule has 0 radical (unpaired) electrons. The predicted molar refractivity (Wildman–Crippen MR) is 100 cm³/mol. The lowest BCUT2D eigenvalue weighted by molar-refractivity contribution is -0.00539. The number of carbonyl (C=O) groups is 1. The molecule has 1 aromatic heterocycles. The fourth-order valence-corrected chi connectivity index (χ4v) is 4.11. The summed E-state index contributed by atoms with van der Waals surface area (Å²) in [5, 5.41) is 4.70. The van der Waals surface area contributed by atoms with Crippen LogP contribution in [0.5, 0.6) is 0 Å². The van der Waals surface area contributed by atoms with E-state index in [0.717, 1.165) is 12.0 Å². The Morgan fingerprint density at radius 2 is 2.04 bits per heavy atom. The summed E-state index contributed by atoms with van der Waals surface area (Å²) in [6, 6.07) is 6.81. The molecule has 2 aromatic rings. The summed E-state index contributed by atoms with van der Waals surface area (Å²) in [5.74, 6) is -0.520. The van der Waals surface area contributed by atoms with Crippen molar-refractivity contribution in [3.8, 4) is 0 Å². The summed E-state index contributed by atoms with van der Waals surface area (Å²) in [7, 11) is 0. The zero-order valence-corrected chi connectivity index (χ0v) is 15.5. The fraction of sp³-hybridized carbons (Fsp3) is 0.421. The number of benzene rings is 1. The van der Waals surface area contributed by atoms with Crippen LogP contribution >= 0.6 is 11.3 Å². The van der Waals surface area contributed by atoms with Crippen LogP contribution in [0.4, 0.5) is 15.8 Å². The van der Waals surface area contributed by atoms with Crippen LogP contribution in [0.15, 0.2) is 29.6 Å². The molecule has 1 N–H and O–H groups in total. The standard InChI is InChI=1S/C19H23FN2O2S/c1-4-14-7-8-25-18(14)19(23)21-15-5-6-17(16(20)9-15)22-10-12(2)24-13(3)11-22/h5-9,12-13H,4,10-11H2,1-3H3,(H,21,23). The Hall–Kier alpha value is -1.92. The van der Waals surface area contributed by atoms with Crippen LogP contribution in [-0.4, -0.2) is 31.2 Å². The zero-order valence-electron chi connectivity index (χ0n) is 14.7. The second-order valence-corrected chi connectivity index (χ2v) is 7.33. The molecule has 6 heteroatoms. The SMILES string of the molecule is CCc1ccsc1C(=O)Nc1ccc(N2CC(C)OC(C)C2)c(F)c1. The Kier molecular flexibility index (Phi) is 5.39. The molecule has 1 saturated heterocycles.